The lowest BCUT2D eigenvalue weighted by Crippen LogP contribution is -2.37. The second-order valence-electron chi connectivity index (χ2n) is 3.41. The monoisotopic (exact) mass is 264 g/mol. The van der Waals surface area contributed by atoms with Crippen molar-refractivity contribution in [2.24, 2.45) is 5.73 Å². The van der Waals surface area contributed by atoms with E-state index in [1.54, 1.807) is 0 Å². The van der Waals surface area contributed by atoms with Gasteiger partial charge in [0.05, 0.1) is 12.3 Å². The molecule has 0 aromatic carbocycles. The molecule has 1 aliphatic heterocycles. The summed E-state index contributed by atoms with van der Waals surface area (Å²) < 4.78 is 24.6. The average molecular weight is 264 g/mol. The standard InChI is InChI=1S/C7H12N4O5S/c8-5(12)3-9-17(15,16)2-1-4-6(13)11-7(14)10-4/h4,9H,1-3H2,(H2,8,12)(H2,10,11,13,14). The number of imide groups is 1. The fourth-order valence-corrected chi connectivity index (χ4v) is 2.24. The van der Waals surface area contributed by atoms with Crippen LogP contribution in [0.1, 0.15) is 6.42 Å². The summed E-state index contributed by atoms with van der Waals surface area (Å²) in [5.74, 6) is -1.76. The van der Waals surface area contributed by atoms with Crippen molar-refractivity contribution in [3.8, 4) is 0 Å². The quantitative estimate of drug-likeness (QED) is 0.377. The van der Waals surface area contributed by atoms with Crippen LogP contribution in [0.2, 0.25) is 0 Å². The molecule has 0 saturated carbocycles. The molecular formula is C7H12N4O5S. The molecular weight excluding hydrogens is 252 g/mol. The molecule has 1 atom stereocenters. The Morgan fingerprint density at radius 1 is 1.41 bits per heavy atom. The van der Waals surface area contributed by atoms with Crippen molar-refractivity contribution in [2.75, 3.05) is 12.3 Å². The largest absolute Gasteiger partial charge is 0.369 e. The van der Waals surface area contributed by atoms with Gasteiger partial charge in [0.15, 0.2) is 0 Å². The summed E-state index contributed by atoms with van der Waals surface area (Å²) in [4.78, 5) is 32.2. The van der Waals surface area contributed by atoms with E-state index in [2.05, 4.69) is 5.32 Å². The van der Waals surface area contributed by atoms with E-state index in [-0.39, 0.29) is 6.42 Å². The summed E-state index contributed by atoms with van der Waals surface area (Å²) in [5, 5.41) is 4.23. The predicted octanol–water partition coefficient (Wildman–Crippen LogP) is -3.01. The molecule has 1 aliphatic rings. The Morgan fingerprint density at radius 2 is 2.06 bits per heavy atom. The molecule has 0 aromatic rings. The Morgan fingerprint density at radius 3 is 2.53 bits per heavy atom. The van der Waals surface area contributed by atoms with Gasteiger partial charge in [-0.15, -0.1) is 0 Å². The van der Waals surface area contributed by atoms with E-state index >= 15 is 0 Å². The molecule has 1 unspecified atom stereocenters. The molecule has 0 bridgehead atoms. The summed E-state index contributed by atoms with van der Waals surface area (Å²) >= 11 is 0. The molecule has 17 heavy (non-hydrogen) atoms. The zero-order valence-electron chi connectivity index (χ0n) is 8.73. The van der Waals surface area contributed by atoms with E-state index in [1.807, 2.05) is 10.0 Å². The summed E-state index contributed by atoms with van der Waals surface area (Å²) in [6, 6.07) is -1.52. The van der Waals surface area contributed by atoms with Gasteiger partial charge in [-0.25, -0.2) is 17.9 Å². The Hall–Kier alpha value is -1.68. The van der Waals surface area contributed by atoms with Gasteiger partial charge in [0, 0.05) is 0 Å². The molecule has 0 aromatic heterocycles. The van der Waals surface area contributed by atoms with Crippen LogP contribution in [0, 0.1) is 0 Å². The van der Waals surface area contributed by atoms with Crippen LogP contribution in [0.3, 0.4) is 0 Å². The molecule has 0 spiro atoms. The minimum absolute atomic E-state index is 0.0777. The normalized spacial score (nSPS) is 19.9. The highest BCUT2D eigenvalue weighted by Gasteiger charge is 2.30. The molecule has 1 rings (SSSR count). The second-order valence-corrected chi connectivity index (χ2v) is 5.34. The van der Waals surface area contributed by atoms with Crippen LogP contribution in [0.15, 0.2) is 0 Å². The van der Waals surface area contributed by atoms with Crippen molar-refractivity contribution in [1.82, 2.24) is 15.4 Å². The molecule has 1 fully saturated rings. The molecule has 0 radical (unpaired) electrons. The molecule has 1 saturated heterocycles. The van der Waals surface area contributed by atoms with E-state index < -0.39 is 46.2 Å². The van der Waals surface area contributed by atoms with Gasteiger partial charge in [0.25, 0.3) is 5.91 Å². The Balaban J connectivity index is 2.42. The van der Waals surface area contributed by atoms with Crippen molar-refractivity contribution < 1.29 is 22.8 Å². The van der Waals surface area contributed by atoms with Crippen molar-refractivity contribution >= 4 is 27.9 Å². The van der Waals surface area contributed by atoms with E-state index in [1.165, 1.54) is 0 Å². The third-order valence-corrected chi connectivity index (χ3v) is 3.36. The number of nitrogens with one attached hydrogen (secondary N) is 3. The van der Waals surface area contributed by atoms with Gasteiger partial charge < -0.3 is 11.1 Å². The zero-order valence-corrected chi connectivity index (χ0v) is 9.54. The molecule has 0 aliphatic carbocycles. The average Bonchev–Trinajstić information content (AvgIpc) is 2.52. The molecule has 10 heteroatoms. The first-order valence-electron chi connectivity index (χ1n) is 4.67. The lowest BCUT2D eigenvalue weighted by atomic mass is 10.2. The van der Waals surface area contributed by atoms with Crippen LogP contribution >= 0.6 is 0 Å². The summed E-state index contributed by atoms with van der Waals surface area (Å²) in [7, 11) is -3.69. The van der Waals surface area contributed by atoms with Crippen LogP contribution in [0.25, 0.3) is 0 Å². The van der Waals surface area contributed by atoms with Crippen LogP contribution in [0.4, 0.5) is 4.79 Å². The van der Waals surface area contributed by atoms with Crippen molar-refractivity contribution in [1.29, 1.82) is 0 Å². The minimum Gasteiger partial charge on any atom is -0.369 e. The maximum absolute atomic E-state index is 11.3. The van der Waals surface area contributed by atoms with Gasteiger partial charge in [0.2, 0.25) is 15.9 Å². The van der Waals surface area contributed by atoms with E-state index in [0.717, 1.165) is 0 Å². The highest BCUT2D eigenvalue weighted by molar-refractivity contribution is 7.89. The lowest BCUT2D eigenvalue weighted by Gasteiger charge is -2.08. The number of rotatable bonds is 6. The van der Waals surface area contributed by atoms with Crippen molar-refractivity contribution in [2.45, 2.75) is 12.5 Å². The van der Waals surface area contributed by atoms with E-state index in [4.69, 9.17) is 5.73 Å². The molecule has 4 amide bonds. The topological polar surface area (TPSA) is 147 Å². The summed E-state index contributed by atoms with van der Waals surface area (Å²) in [6.07, 6.45) is -0.0777. The first-order valence-corrected chi connectivity index (χ1v) is 6.32. The fourth-order valence-electron chi connectivity index (χ4n) is 1.19. The van der Waals surface area contributed by atoms with Crippen molar-refractivity contribution in [3.63, 3.8) is 0 Å². The highest BCUT2D eigenvalue weighted by atomic mass is 32.2. The Labute approximate surface area is 97.2 Å². The van der Waals surface area contributed by atoms with Gasteiger partial charge >= 0.3 is 6.03 Å². The molecule has 5 N–H and O–H groups in total. The fraction of sp³-hybridized carbons (Fsp3) is 0.571. The first kappa shape index (κ1) is 13.4. The van der Waals surface area contributed by atoms with Crippen LogP contribution in [-0.2, 0) is 19.6 Å². The third-order valence-electron chi connectivity index (χ3n) is 2.00. The molecule has 9 nitrogen and oxygen atoms in total. The van der Waals surface area contributed by atoms with E-state index in [0.29, 0.717) is 0 Å². The lowest BCUT2D eigenvalue weighted by molar-refractivity contribution is -0.120. The third kappa shape index (κ3) is 4.36. The van der Waals surface area contributed by atoms with E-state index in [9.17, 15) is 22.8 Å². The smallest absolute Gasteiger partial charge is 0.322 e. The van der Waals surface area contributed by atoms with Gasteiger partial charge in [0.1, 0.15) is 6.04 Å². The number of nitrogens with two attached hydrogens (primary N) is 1. The number of amides is 4. The van der Waals surface area contributed by atoms with Gasteiger partial charge in [-0.05, 0) is 6.42 Å². The number of carbonyl (C=O) groups excluding carboxylic acids is 3. The Bertz CT molecular complexity index is 445. The SMILES string of the molecule is NC(=O)CNS(=O)(=O)CCC1NC(=O)NC1=O. The number of primary amides is 1. The minimum atomic E-state index is -3.69. The molecule has 1 heterocycles. The number of hydrogen-bond acceptors (Lipinski definition) is 5. The predicted molar refractivity (Wildman–Crippen MR) is 56.1 cm³/mol. The van der Waals surface area contributed by atoms with Gasteiger partial charge in [-0.3, -0.25) is 14.9 Å². The second kappa shape index (κ2) is 5.10. The maximum Gasteiger partial charge on any atom is 0.322 e. The van der Waals surface area contributed by atoms with Crippen LogP contribution in [0.5, 0.6) is 0 Å². The molecule has 96 valence electrons. The summed E-state index contributed by atoms with van der Waals surface area (Å²) in [6.45, 7) is -0.494. The number of urea groups is 1. The zero-order chi connectivity index (χ0) is 13.1. The first-order chi connectivity index (χ1) is 7.80. The van der Waals surface area contributed by atoms with Gasteiger partial charge in [-0.1, -0.05) is 0 Å². The van der Waals surface area contributed by atoms with Gasteiger partial charge in [-0.2, -0.15) is 0 Å². The van der Waals surface area contributed by atoms with Crippen molar-refractivity contribution in [3.05, 3.63) is 0 Å². The van der Waals surface area contributed by atoms with Crippen LogP contribution < -0.4 is 21.1 Å². The highest BCUT2D eigenvalue weighted by Crippen LogP contribution is 2.01. The maximum atomic E-state index is 11.3. The number of carbonyl (C=O) groups is 3. The Kier molecular flexibility index (Phi) is 4.02. The number of sulfonamides is 1. The summed E-state index contributed by atoms with van der Waals surface area (Å²) in [5.41, 5.74) is 4.77. The van der Waals surface area contributed by atoms with Crippen LogP contribution in [-0.4, -0.2) is 44.6 Å². The number of hydrogen-bond donors (Lipinski definition) is 4.